The topological polar surface area (TPSA) is 80.8 Å². The number of amides is 1. The van der Waals surface area contributed by atoms with E-state index in [2.05, 4.69) is 40.7 Å². The second-order valence-corrected chi connectivity index (χ2v) is 10.3. The summed E-state index contributed by atoms with van der Waals surface area (Å²) in [6, 6.07) is 7.36. The average molecular weight is 492 g/mol. The monoisotopic (exact) mass is 491 g/mol. The van der Waals surface area contributed by atoms with Gasteiger partial charge in [0.15, 0.2) is 0 Å². The summed E-state index contributed by atoms with van der Waals surface area (Å²) >= 11 is 0. The van der Waals surface area contributed by atoms with Crippen LogP contribution in [0.4, 0.5) is 0 Å². The fourth-order valence-corrected chi connectivity index (χ4v) is 5.97. The second-order valence-electron chi connectivity index (χ2n) is 10.3. The van der Waals surface area contributed by atoms with Crippen LogP contribution in [0.2, 0.25) is 0 Å². The molecule has 0 unspecified atom stereocenters. The molecule has 1 saturated carbocycles. The molecule has 1 aromatic heterocycles. The van der Waals surface area contributed by atoms with Crippen LogP contribution >= 0.6 is 0 Å². The minimum absolute atomic E-state index is 0.000569. The summed E-state index contributed by atoms with van der Waals surface area (Å²) < 4.78 is 11.5. The number of nitrogens with zero attached hydrogens (tertiary/aromatic N) is 2. The van der Waals surface area contributed by atoms with Crippen molar-refractivity contribution in [3.8, 4) is 5.88 Å². The number of methoxy groups -OCH3 is 1. The molecule has 5 rings (SSSR count). The van der Waals surface area contributed by atoms with Gasteiger partial charge in [0, 0.05) is 18.0 Å². The summed E-state index contributed by atoms with van der Waals surface area (Å²) in [5.74, 6) is 0.462. The lowest BCUT2D eigenvalue weighted by atomic mass is 9.96. The highest BCUT2D eigenvalue weighted by Gasteiger charge is 2.45. The number of aromatic nitrogens is 1. The maximum Gasteiger partial charge on any atom is 0.328 e. The van der Waals surface area contributed by atoms with Gasteiger partial charge >= 0.3 is 5.97 Å². The van der Waals surface area contributed by atoms with E-state index in [1.165, 1.54) is 7.11 Å². The molecule has 1 N–H and O–H groups in total. The Balaban J connectivity index is 1.47. The zero-order valence-corrected chi connectivity index (χ0v) is 21.2. The average Bonchev–Trinajstić information content (AvgIpc) is 3.57. The van der Waals surface area contributed by atoms with Gasteiger partial charge in [-0.2, -0.15) is 0 Å². The van der Waals surface area contributed by atoms with Crippen molar-refractivity contribution in [3.63, 3.8) is 0 Å². The molecule has 0 radical (unpaired) electrons. The van der Waals surface area contributed by atoms with Crippen LogP contribution in [-0.2, 0) is 14.3 Å². The molecule has 1 saturated heterocycles. The van der Waals surface area contributed by atoms with Gasteiger partial charge in [0.05, 0.1) is 19.7 Å². The molecule has 192 valence electrons. The minimum Gasteiger partial charge on any atom is -0.472 e. The van der Waals surface area contributed by atoms with Crippen LogP contribution in [-0.4, -0.2) is 60.1 Å². The first-order chi connectivity index (χ1) is 17.6. The number of ether oxygens (including phenoxy) is 2. The van der Waals surface area contributed by atoms with Crippen molar-refractivity contribution in [1.82, 2.24) is 15.2 Å². The minimum atomic E-state index is -0.645. The fraction of sp³-hybridized carbons (Fsp3) is 0.552. The van der Waals surface area contributed by atoms with Crippen molar-refractivity contribution in [1.29, 1.82) is 0 Å². The number of carbonyl (C=O) groups is 2. The number of rotatable bonds is 2. The molecule has 1 aromatic carbocycles. The molecule has 3 aliphatic rings. The first kappa shape index (κ1) is 24.8. The van der Waals surface area contributed by atoms with E-state index in [0.29, 0.717) is 24.8 Å². The van der Waals surface area contributed by atoms with Crippen LogP contribution in [0, 0.1) is 5.92 Å². The van der Waals surface area contributed by atoms with Gasteiger partial charge in [-0.3, -0.25) is 4.79 Å². The van der Waals surface area contributed by atoms with Gasteiger partial charge in [-0.25, -0.2) is 9.78 Å². The lowest BCUT2D eigenvalue weighted by Gasteiger charge is -2.31. The molecular weight excluding hydrogens is 454 g/mol. The predicted molar refractivity (Wildman–Crippen MR) is 140 cm³/mol. The SMILES string of the molecule is COC(=O)[C@@H]1C[C@@H]2CN1C(=O)[C@H](C1CCCC1)NCCCCC/C=C/c1ccc3ccnc(c3c1)O2. The number of pyridine rings is 1. The van der Waals surface area contributed by atoms with Gasteiger partial charge in [0.25, 0.3) is 0 Å². The summed E-state index contributed by atoms with van der Waals surface area (Å²) in [5, 5.41) is 5.57. The normalized spacial score (nSPS) is 27.0. The van der Waals surface area contributed by atoms with Gasteiger partial charge in [-0.05, 0) is 67.6 Å². The number of benzene rings is 1. The number of allylic oxidation sites excluding steroid dienone is 1. The molecule has 7 heteroatoms. The third kappa shape index (κ3) is 5.41. The van der Waals surface area contributed by atoms with Crippen molar-refractivity contribution >= 4 is 28.7 Å². The highest BCUT2D eigenvalue weighted by atomic mass is 16.5. The highest BCUT2D eigenvalue weighted by Crippen LogP contribution is 2.33. The summed E-state index contributed by atoms with van der Waals surface area (Å²) in [4.78, 5) is 32.9. The highest BCUT2D eigenvalue weighted by molar-refractivity contribution is 5.90. The van der Waals surface area contributed by atoms with Crippen molar-refractivity contribution in [2.45, 2.75) is 76.0 Å². The molecule has 3 heterocycles. The molecule has 1 aliphatic carbocycles. The lowest BCUT2D eigenvalue weighted by molar-refractivity contribution is -0.152. The molecule has 2 aliphatic heterocycles. The summed E-state index contributed by atoms with van der Waals surface area (Å²) in [5.41, 5.74) is 1.11. The van der Waals surface area contributed by atoms with Crippen LogP contribution in [0.25, 0.3) is 16.8 Å². The predicted octanol–water partition coefficient (Wildman–Crippen LogP) is 4.49. The molecule has 0 spiro atoms. The number of esters is 1. The molecule has 36 heavy (non-hydrogen) atoms. The fourth-order valence-electron chi connectivity index (χ4n) is 5.97. The first-order valence-electron chi connectivity index (χ1n) is 13.5. The van der Waals surface area contributed by atoms with E-state index >= 15 is 0 Å². The number of hydrogen-bond acceptors (Lipinski definition) is 6. The van der Waals surface area contributed by atoms with Crippen LogP contribution in [0.5, 0.6) is 5.88 Å². The lowest BCUT2D eigenvalue weighted by Crippen LogP contribution is -2.53. The van der Waals surface area contributed by atoms with E-state index in [-0.39, 0.29) is 24.0 Å². The number of nitrogens with one attached hydrogen (secondary N) is 1. The van der Waals surface area contributed by atoms with Crippen molar-refractivity contribution in [2.24, 2.45) is 5.92 Å². The molecular formula is C29H37N3O4. The van der Waals surface area contributed by atoms with E-state index < -0.39 is 6.04 Å². The Morgan fingerprint density at radius 3 is 2.83 bits per heavy atom. The zero-order chi connectivity index (χ0) is 24.9. The van der Waals surface area contributed by atoms with Crippen LogP contribution in [0.3, 0.4) is 0 Å². The van der Waals surface area contributed by atoms with E-state index in [0.717, 1.165) is 74.2 Å². The maximum atomic E-state index is 13.9. The van der Waals surface area contributed by atoms with Crippen LogP contribution < -0.4 is 10.1 Å². The van der Waals surface area contributed by atoms with Crippen LogP contribution in [0.1, 0.15) is 63.4 Å². The first-order valence-corrected chi connectivity index (χ1v) is 13.5. The van der Waals surface area contributed by atoms with Crippen molar-refractivity contribution in [3.05, 3.63) is 42.1 Å². The number of hydrogen-bond donors (Lipinski definition) is 1. The summed E-state index contributed by atoms with van der Waals surface area (Å²) in [6.07, 6.45) is 14.9. The number of fused-ring (bicyclic) bond motifs is 3. The third-order valence-electron chi connectivity index (χ3n) is 7.91. The summed E-state index contributed by atoms with van der Waals surface area (Å²) in [6.45, 7) is 1.16. The Bertz CT molecular complexity index is 1110. The van der Waals surface area contributed by atoms with E-state index in [9.17, 15) is 9.59 Å². The Morgan fingerprint density at radius 1 is 1.14 bits per heavy atom. The second kappa shape index (κ2) is 11.4. The van der Waals surface area contributed by atoms with Gasteiger partial charge in [-0.1, -0.05) is 43.5 Å². The quantitative estimate of drug-likeness (QED) is 0.624. The molecule has 4 bridgehead atoms. The smallest absolute Gasteiger partial charge is 0.328 e. The molecule has 2 fully saturated rings. The van der Waals surface area contributed by atoms with E-state index in [1.807, 2.05) is 6.07 Å². The maximum absolute atomic E-state index is 13.9. The van der Waals surface area contributed by atoms with Crippen molar-refractivity contribution < 1.29 is 19.1 Å². The molecule has 1 amide bonds. The van der Waals surface area contributed by atoms with E-state index in [4.69, 9.17) is 9.47 Å². The Labute approximate surface area is 213 Å². The number of carbonyl (C=O) groups excluding carboxylic acids is 2. The zero-order valence-electron chi connectivity index (χ0n) is 21.2. The largest absolute Gasteiger partial charge is 0.472 e. The van der Waals surface area contributed by atoms with Gasteiger partial charge < -0.3 is 19.7 Å². The van der Waals surface area contributed by atoms with Crippen molar-refractivity contribution in [2.75, 3.05) is 20.2 Å². The van der Waals surface area contributed by atoms with Gasteiger partial charge in [0.1, 0.15) is 12.1 Å². The van der Waals surface area contributed by atoms with E-state index in [1.54, 1.807) is 11.1 Å². The third-order valence-corrected chi connectivity index (χ3v) is 7.91. The molecule has 2 aromatic rings. The Hall–Kier alpha value is -2.93. The molecule has 7 nitrogen and oxygen atoms in total. The van der Waals surface area contributed by atoms with Gasteiger partial charge in [0.2, 0.25) is 11.8 Å². The Kier molecular flexibility index (Phi) is 7.85. The van der Waals surface area contributed by atoms with Crippen LogP contribution in [0.15, 0.2) is 36.5 Å². The molecule has 3 atom stereocenters. The summed E-state index contributed by atoms with van der Waals surface area (Å²) in [7, 11) is 1.38. The standard InChI is InChI=1S/C29H37N3O4/c1-35-29(34)25-18-23-19-32(25)28(33)26(22-10-6-7-11-22)30-15-8-4-2-3-5-9-20-12-13-21-14-16-31-27(36-23)24(21)17-20/h5,9,12-14,16-17,22-23,25-26,30H,2-4,6-8,10-11,15,18-19H2,1H3/b9-5+/t23-,25+,26+/m1/s1. The Morgan fingerprint density at radius 2 is 2.00 bits per heavy atom. The van der Waals surface area contributed by atoms with Gasteiger partial charge in [-0.15, -0.1) is 0 Å².